The molecule has 2 saturated heterocycles. The van der Waals surface area contributed by atoms with Crippen molar-refractivity contribution in [2.45, 2.75) is 76.0 Å². The molecule has 3 heterocycles. The van der Waals surface area contributed by atoms with Crippen molar-refractivity contribution in [1.82, 2.24) is 4.90 Å². The van der Waals surface area contributed by atoms with Crippen LogP contribution in [0.2, 0.25) is 0 Å². The van der Waals surface area contributed by atoms with Crippen molar-refractivity contribution in [3.8, 4) is 11.5 Å². The number of nitrogens with zero attached hydrogens (tertiary/aromatic N) is 1. The van der Waals surface area contributed by atoms with Crippen LogP contribution in [0.4, 0.5) is 0 Å². The second kappa shape index (κ2) is 10.6. The van der Waals surface area contributed by atoms with Gasteiger partial charge in [-0.25, -0.2) is 4.79 Å². The molecule has 10 nitrogen and oxygen atoms in total. The number of piperidine rings is 1. The molecular weight excluding hydrogens is 458 g/mol. The van der Waals surface area contributed by atoms with E-state index in [1.165, 1.54) is 5.56 Å². The van der Waals surface area contributed by atoms with Crippen LogP contribution < -0.4 is 9.47 Å². The minimum absolute atomic E-state index is 0.0403. The molecule has 0 bridgehead atoms. The van der Waals surface area contributed by atoms with E-state index in [2.05, 4.69) is 18.7 Å². The van der Waals surface area contributed by atoms with Gasteiger partial charge < -0.3 is 39.4 Å². The number of rotatable bonds is 7. The quantitative estimate of drug-likeness (QED) is 0.432. The van der Waals surface area contributed by atoms with Crippen molar-refractivity contribution in [1.29, 1.82) is 0 Å². The number of methoxy groups -OCH3 is 2. The zero-order chi connectivity index (χ0) is 25.4. The molecule has 0 saturated carbocycles. The molecule has 0 spiro atoms. The number of hydrogen-bond donors (Lipinski definition) is 4. The number of benzene rings is 1. The molecule has 3 aliphatic heterocycles. The summed E-state index contributed by atoms with van der Waals surface area (Å²) in [5.74, 6) is 0.443. The molecule has 0 radical (unpaired) electrons. The fourth-order valence-electron chi connectivity index (χ4n) is 5.74. The lowest BCUT2D eigenvalue weighted by Crippen LogP contribution is -2.61. The van der Waals surface area contributed by atoms with E-state index in [1.807, 2.05) is 12.1 Å². The summed E-state index contributed by atoms with van der Waals surface area (Å²) in [6.07, 6.45) is -6.04. The van der Waals surface area contributed by atoms with E-state index in [0.29, 0.717) is 23.8 Å². The van der Waals surface area contributed by atoms with Gasteiger partial charge in [0.25, 0.3) is 0 Å². The number of ether oxygens (including phenoxy) is 4. The minimum Gasteiger partial charge on any atom is -0.493 e. The monoisotopic (exact) mass is 495 g/mol. The summed E-state index contributed by atoms with van der Waals surface area (Å²) in [6, 6.07) is 4.07. The van der Waals surface area contributed by atoms with Crippen molar-refractivity contribution in [3.63, 3.8) is 0 Å². The van der Waals surface area contributed by atoms with Gasteiger partial charge >= 0.3 is 5.97 Å². The molecule has 0 aliphatic carbocycles. The Balaban J connectivity index is 1.61. The number of fused-ring (bicyclic) bond motifs is 3. The third kappa shape index (κ3) is 5.14. The molecule has 10 heteroatoms. The van der Waals surface area contributed by atoms with E-state index in [-0.39, 0.29) is 18.1 Å². The van der Waals surface area contributed by atoms with Gasteiger partial charge in [0.05, 0.1) is 20.3 Å². The maximum absolute atomic E-state index is 11.5. The van der Waals surface area contributed by atoms with Crippen LogP contribution in [0.1, 0.15) is 43.9 Å². The zero-order valence-electron chi connectivity index (χ0n) is 20.7. The Morgan fingerprint density at radius 1 is 1.11 bits per heavy atom. The van der Waals surface area contributed by atoms with E-state index >= 15 is 0 Å². The summed E-state index contributed by atoms with van der Waals surface area (Å²) in [6.45, 7) is 5.94. The predicted octanol–water partition coefficient (Wildman–Crippen LogP) is 0.946. The molecule has 196 valence electrons. The van der Waals surface area contributed by atoms with E-state index in [9.17, 15) is 25.2 Å². The topological polar surface area (TPSA) is 138 Å². The van der Waals surface area contributed by atoms with Gasteiger partial charge in [-0.15, -0.1) is 0 Å². The van der Waals surface area contributed by atoms with Gasteiger partial charge in [-0.2, -0.15) is 0 Å². The SMILES string of the molecule is COc1cc2c(cc1OC)[C@@H]1C[C@@H](O[C@@H]3O[C@H](C(=O)O)[C@@H](O)[C@H](O)[C@H]3O)[C@@H](CC(C)C)CN1CC2. The van der Waals surface area contributed by atoms with Crippen LogP contribution in [0, 0.1) is 11.8 Å². The highest BCUT2D eigenvalue weighted by Gasteiger charge is 2.49. The molecule has 4 N–H and O–H groups in total. The van der Waals surface area contributed by atoms with Crippen molar-refractivity contribution < 1.29 is 44.2 Å². The molecule has 4 rings (SSSR count). The molecule has 0 unspecified atom stereocenters. The summed E-state index contributed by atoms with van der Waals surface area (Å²) in [4.78, 5) is 14.0. The highest BCUT2D eigenvalue weighted by molar-refractivity contribution is 5.73. The fourth-order valence-corrected chi connectivity index (χ4v) is 5.74. The Morgan fingerprint density at radius 3 is 2.43 bits per heavy atom. The number of carbonyl (C=O) groups is 1. The smallest absolute Gasteiger partial charge is 0.335 e. The lowest BCUT2D eigenvalue weighted by Gasteiger charge is -2.49. The van der Waals surface area contributed by atoms with Gasteiger partial charge in [0.2, 0.25) is 0 Å². The molecule has 1 aromatic carbocycles. The standard InChI is InChI=1S/C25H37NO9/c1-12(2)7-14-11-26-6-5-13-8-18(32-3)19(33-4)9-15(13)16(26)10-17(14)34-25-22(29)20(27)21(28)23(35-25)24(30)31/h8-9,12,14,16-17,20-23,25,27-29H,5-7,10-11H2,1-4H3,(H,30,31)/t14-,16-,17+,20-,21-,22+,23-,25+/m0/s1. The van der Waals surface area contributed by atoms with E-state index < -0.39 is 36.7 Å². The van der Waals surface area contributed by atoms with Crippen LogP contribution in [0.15, 0.2) is 12.1 Å². The normalized spacial score (nSPS) is 35.3. The molecule has 2 fully saturated rings. The number of hydrogen-bond acceptors (Lipinski definition) is 9. The first-order valence-corrected chi connectivity index (χ1v) is 12.2. The molecule has 0 aromatic heterocycles. The number of carboxylic acids is 1. The summed E-state index contributed by atoms with van der Waals surface area (Å²) < 4.78 is 22.7. The first kappa shape index (κ1) is 26.1. The third-order valence-electron chi connectivity index (χ3n) is 7.46. The zero-order valence-corrected chi connectivity index (χ0v) is 20.7. The first-order chi connectivity index (χ1) is 16.6. The first-order valence-electron chi connectivity index (χ1n) is 12.2. The molecule has 1 aromatic rings. The van der Waals surface area contributed by atoms with Gasteiger partial charge in [-0.3, -0.25) is 4.90 Å². The van der Waals surface area contributed by atoms with Gasteiger partial charge in [-0.05, 0) is 54.4 Å². The fraction of sp³-hybridized carbons (Fsp3) is 0.720. The van der Waals surface area contributed by atoms with Crippen molar-refractivity contribution in [2.75, 3.05) is 27.3 Å². The molecular formula is C25H37NO9. The Kier molecular flexibility index (Phi) is 7.89. The number of aliphatic hydroxyl groups excluding tert-OH is 3. The van der Waals surface area contributed by atoms with Gasteiger partial charge in [0.15, 0.2) is 23.9 Å². The van der Waals surface area contributed by atoms with Crippen LogP contribution >= 0.6 is 0 Å². The largest absolute Gasteiger partial charge is 0.493 e. The number of carboxylic acid groups (broad SMARTS) is 1. The average Bonchev–Trinajstić information content (AvgIpc) is 2.83. The van der Waals surface area contributed by atoms with Crippen molar-refractivity contribution in [2.24, 2.45) is 11.8 Å². The van der Waals surface area contributed by atoms with Crippen LogP contribution in [0.5, 0.6) is 11.5 Å². The maximum Gasteiger partial charge on any atom is 0.335 e. The highest BCUT2D eigenvalue weighted by Crippen LogP contribution is 2.45. The Bertz CT molecular complexity index is 909. The summed E-state index contributed by atoms with van der Waals surface area (Å²) in [7, 11) is 3.22. The van der Waals surface area contributed by atoms with E-state index in [0.717, 1.165) is 31.5 Å². The molecule has 8 atom stereocenters. The Morgan fingerprint density at radius 2 is 1.80 bits per heavy atom. The van der Waals surface area contributed by atoms with Crippen LogP contribution in [-0.2, 0) is 20.7 Å². The van der Waals surface area contributed by atoms with Gasteiger partial charge in [0, 0.05) is 19.1 Å². The molecule has 3 aliphatic rings. The highest BCUT2D eigenvalue weighted by atomic mass is 16.7. The summed E-state index contributed by atoms with van der Waals surface area (Å²) in [5, 5.41) is 40.2. The van der Waals surface area contributed by atoms with E-state index in [4.69, 9.17) is 18.9 Å². The Labute approximate surface area is 205 Å². The van der Waals surface area contributed by atoms with Crippen LogP contribution in [-0.4, -0.2) is 95.4 Å². The van der Waals surface area contributed by atoms with Crippen LogP contribution in [0.25, 0.3) is 0 Å². The minimum atomic E-state index is -1.75. The summed E-state index contributed by atoms with van der Waals surface area (Å²) in [5.41, 5.74) is 2.32. The molecule has 0 amide bonds. The van der Waals surface area contributed by atoms with Crippen molar-refractivity contribution in [3.05, 3.63) is 23.3 Å². The van der Waals surface area contributed by atoms with Gasteiger partial charge in [0.1, 0.15) is 18.3 Å². The molecule has 35 heavy (non-hydrogen) atoms. The maximum atomic E-state index is 11.5. The second-order valence-corrected chi connectivity index (χ2v) is 10.2. The van der Waals surface area contributed by atoms with Crippen LogP contribution in [0.3, 0.4) is 0 Å². The lowest BCUT2D eigenvalue weighted by molar-refractivity contribution is -0.312. The van der Waals surface area contributed by atoms with Gasteiger partial charge in [-0.1, -0.05) is 13.8 Å². The Hall–Kier alpha value is -1.95. The second-order valence-electron chi connectivity index (χ2n) is 10.2. The third-order valence-corrected chi connectivity index (χ3v) is 7.46. The average molecular weight is 496 g/mol. The van der Waals surface area contributed by atoms with E-state index in [1.54, 1.807) is 14.2 Å². The number of aliphatic carboxylic acids is 1. The number of aliphatic hydroxyl groups is 3. The predicted molar refractivity (Wildman–Crippen MR) is 124 cm³/mol. The lowest BCUT2D eigenvalue weighted by atomic mass is 9.79. The van der Waals surface area contributed by atoms with Crippen molar-refractivity contribution >= 4 is 5.97 Å². The summed E-state index contributed by atoms with van der Waals surface area (Å²) >= 11 is 0.